The zero-order valence-electron chi connectivity index (χ0n) is 26.2. The molecule has 254 valence electrons. The number of aliphatic carboxylic acids is 1. The van der Waals surface area contributed by atoms with Crippen LogP contribution in [0.4, 0.5) is 0 Å². The fraction of sp³-hybridized carbons (Fsp3) is 0.406. The lowest BCUT2D eigenvalue weighted by Gasteiger charge is -2.25. The number of aromatic hydroxyl groups is 1. The molecule has 0 saturated carbocycles. The Labute approximate surface area is 272 Å². The number of unbranched alkanes of at least 4 members (excludes halogenated alkanes) is 1. The number of nitrogens with two attached hydrogens (primary N) is 4. The largest absolute Gasteiger partial charge is 0.508 e. The van der Waals surface area contributed by atoms with Crippen molar-refractivity contribution in [2.45, 2.75) is 69.1 Å². The van der Waals surface area contributed by atoms with Gasteiger partial charge in [-0.1, -0.05) is 30.3 Å². The van der Waals surface area contributed by atoms with Crippen LogP contribution in [0.15, 0.2) is 59.7 Å². The Kier molecular flexibility index (Phi) is 14.0. The molecular formula is C32H45N9O6. The van der Waals surface area contributed by atoms with Crippen LogP contribution in [0.2, 0.25) is 0 Å². The first-order valence-corrected chi connectivity index (χ1v) is 15.5. The summed E-state index contributed by atoms with van der Waals surface area (Å²) in [6.07, 6.45) is 3.63. The highest BCUT2D eigenvalue weighted by Crippen LogP contribution is 2.19. The van der Waals surface area contributed by atoms with E-state index in [2.05, 4.69) is 25.9 Å². The number of nitrogens with zero attached hydrogens (tertiary/aromatic N) is 1. The number of phenolic OH excluding ortho intramolecular Hbond substituents is 1. The Morgan fingerprint density at radius 2 is 1.45 bits per heavy atom. The van der Waals surface area contributed by atoms with E-state index in [0.29, 0.717) is 24.9 Å². The van der Waals surface area contributed by atoms with Crippen LogP contribution >= 0.6 is 0 Å². The Bertz CT molecular complexity index is 1520. The number of guanidine groups is 1. The molecule has 15 heteroatoms. The number of aromatic amines is 1. The van der Waals surface area contributed by atoms with Crippen LogP contribution in [0.25, 0.3) is 10.9 Å². The van der Waals surface area contributed by atoms with Crippen molar-refractivity contribution < 1.29 is 29.4 Å². The topological polar surface area (TPSA) is 277 Å². The molecule has 0 radical (unpaired) electrons. The summed E-state index contributed by atoms with van der Waals surface area (Å²) < 4.78 is 0. The molecule has 0 aliphatic rings. The lowest BCUT2D eigenvalue weighted by Crippen LogP contribution is -2.57. The molecular weight excluding hydrogens is 606 g/mol. The van der Waals surface area contributed by atoms with Gasteiger partial charge >= 0.3 is 5.97 Å². The standard InChI is InChI=1S/C32H45N9O6/c33-14-4-3-8-25(39-28(43)23(34)17-20-18-38-24-7-2-1-6-22(20)24)29(44)41-27(16-19-10-12-21(42)13-11-19)30(45)40-26(31(46)47)9-5-15-37-32(35)36/h1-2,6-7,10-13,18,23,25-27,38,42H,3-5,8-9,14-17,33-34H2,(H,39,43)(H,40,45)(H,41,44)(H,46,47)(H4,35,36,37)/t23-,25-,26-,27-/m0/s1. The van der Waals surface area contributed by atoms with Gasteiger partial charge < -0.3 is 54.1 Å². The fourth-order valence-corrected chi connectivity index (χ4v) is 5.05. The van der Waals surface area contributed by atoms with Crippen LogP contribution in [0.5, 0.6) is 5.75 Å². The van der Waals surface area contributed by atoms with Crippen LogP contribution in [0.1, 0.15) is 43.2 Å². The number of benzene rings is 2. The van der Waals surface area contributed by atoms with Gasteiger partial charge in [0.15, 0.2) is 5.96 Å². The number of hydrogen-bond acceptors (Lipinski definition) is 8. The second-order valence-corrected chi connectivity index (χ2v) is 11.3. The highest BCUT2D eigenvalue weighted by molar-refractivity contribution is 5.94. The molecule has 1 heterocycles. The molecule has 0 bridgehead atoms. The highest BCUT2D eigenvalue weighted by atomic mass is 16.4. The van der Waals surface area contributed by atoms with Gasteiger partial charge in [0.2, 0.25) is 17.7 Å². The van der Waals surface area contributed by atoms with Gasteiger partial charge in [-0.2, -0.15) is 0 Å². The number of fused-ring (bicyclic) bond motifs is 1. The number of hydrogen-bond donors (Lipinski definition) is 10. The zero-order valence-corrected chi connectivity index (χ0v) is 26.2. The average Bonchev–Trinajstić information content (AvgIpc) is 3.44. The first kappa shape index (κ1) is 36.3. The van der Waals surface area contributed by atoms with Crippen LogP contribution < -0.4 is 38.9 Å². The van der Waals surface area contributed by atoms with Crippen LogP contribution in [0, 0.1) is 0 Å². The first-order valence-electron chi connectivity index (χ1n) is 15.5. The number of carboxylic acid groups (broad SMARTS) is 1. The Balaban J connectivity index is 1.76. The lowest BCUT2D eigenvalue weighted by atomic mass is 10.0. The van der Waals surface area contributed by atoms with Gasteiger partial charge in [-0.15, -0.1) is 0 Å². The smallest absolute Gasteiger partial charge is 0.326 e. The van der Waals surface area contributed by atoms with E-state index in [4.69, 9.17) is 22.9 Å². The van der Waals surface area contributed by atoms with Gasteiger partial charge in [-0.3, -0.25) is 19.4 Å². The first-order chi connectivity index (χ1) is 22.5. The van der Waals surface area contributed by atoms with Gasteiger partial charge in [-0.05, 0) is 74.4 Å². The van der Waals surface area contributed by atoms with Crippen molar-refractivity contribution in [3.8, 4) is 5.75 Å². The predicted octanol–water partition coefficient (Wildman–Crippen LogP) is -0.292. The number of aromatic nitrogens is 1. The van der Waals surface area contributed by atoms with E-state index >= 15 is 0 Å². The molecule has 0 unspecified atom stereocenters. The average molecular weight is 652 g/mol. The lowest BCUT2D eigenvalue weighted by molar-refractivity contribution is -0.142. The summed E-state index contributed by atoms with van der Waals surface area (Å²) >= 11 is 0. The van der Waals surface area contributed by atoms with E-state index in [0.717, 1.165) is 16.5 Å². The van der Waals surface area contributed by atoms with E-state index in [1.807, 2.05) is 24.3 Å². The van der Waals surface area contributed by atoms with E-state index in [-0.39, 0.29) is 50.4 Å². The third kappa shape index (κ3) is 11.6. The number of amides is 3. The maximum Gasteiger partial charge on any atom is 0.326 e. The molecule has 0 spiro atoms. The molecule has 4 atom stereocenters. The number of para-hydroxylation sites is 1. The van der Waals surface area contributed by atoms with Crippen LogP contribution in [-0.4, -0.2) is 82.1 Å². The SMILES string of the molecule is NCCCC[C@H](NC(=O)[C@@H](N)Cc1c[nH]c2ccccc12)C(=O)N[C@@H](Cc1ccc(O)cc1)C(=O)N[C@@H](CCCN=C(N)N)C(=O)O. The minimum Gasteiger partial charge on any atom is -0.508 e. The molecule has 15 nitrogen and oxygen atoms in total. The third-order valence-electron chi connectivity index (χ3n) is 7.60. The summed E-state index contributed by atoms with van der Waals surface area (Å²) in [4.78, 5) is 59.3. The number of nitrogens with one attached hydrogen (secondary N) is 4. The minimum absolute atomic E-state index is 0.0113. The highest BCUT2D eigenvalue weighted by Gasteiger charge is 2.30. The third-order valence-corrected chi connectivity index (χ3v) is 7.60. The van der Waals surface area contributed by atoms with Gasteiger partial charge in [0, 0.05) is 30.1 Å². The van der Waals surface area contributed by atoms with E-state index in [1.54, 1.807) is 18.3 Å². The zero-order chi connectivity index (χ0) is 34.3. The predicted molar refractivity (Wildman–Crippen MR) is 178 cm³/mol. The number of carbonyl (C=O) groups excluding carboxylic acids is 3. The number of H-pyrrole nitrogens is 1. The minimum atomic E-state index is -1.28. The summed E-state index contributed by atoms with van der Waals surface area (Å²) in [5, 5.41) is 28.3. The van der Waals surface area contributed by atoms with Gasteiger partial charge in [0.05, 0.1) is 6.04 Å². The Morgan fingerprint density at radius 3 is 2.13 bits per heavy atom. The van der Waals surface area contributed by atoms with Gasteiger partial charge in [0.25, 0.3) is 0 Å². The van der Waals surface area contributed by atoms with Crippen molar-refractivity contribution in [2.75, 3.05) is 13.1 Å². The second kappa shape index (κ2) is 18.1. The van der Waals surface area contributed by atoms with Crippen LogP contribution in [-0.2, 0) is 32.0 Å². The monoisotopic (exact) mass is 651 g/mol. The molecule has 0 fully saturated rings. The molecule has 1 aromatic heterocycles. The van der Waals surface area contributed by atoms with Crippen molar-refractivity contribution in [2.24, 2.45) is 27.9 Å². The molecule has 3 aromatic rings. The van der Waals surface area contributed by atoms with Gasteiger partial charge in [-0.25, -0.2) is 4.79 Å². The normalized spacial score (nSPS) is 13.6. The molecule has 14 N–H and O–H groups in total. The van der Waals surface area contributed by atoms with Gasteiger partial charge in [0.1, 0.15) is 23.9 Å². The number of aliphatic imine (C=N–C) groups is 1. The second-order valence-electron chi connectivity index (χ2n) is 11.3. The molecule has 0 aliphatic carbocycles. The fourth-order valence-electron chi connectivity index (χ4n) is 5.05. The summed E-state index contributed by atoms with van der Waals surface area (Å²) in [5.41, 5.74) is 24.9. The molecule has 47 heavy (non-hydrogen) atoms. The van der Waals surface area contributed by atoms with E-state index < -0.39 is 47.9 Å². The molecule has 3 rings (SSSR count). The number of carboxylic acids is 1. The summed E-state index contributed by atoms with van der Waals surface area (Å²) in [6, 6.07) is 9.13. The Hall–Kier alpha value is -5.15. The Morgan fingerprint density at radius 1 is 0.809 bits per heavy atom. The summed E-state index contributed by atoms with van der Waals surface area (Å²) in [7, 11) is 0. The van der Waals surface area contributed by atoms with E-state index in [1.165, 1.54) is 12.1 Å². The van der Waals surface area contributed by atoms with Crippen molar-refractivity contribution in [1.82, 2.24) is 20.9 Å². The number of carbonyl (C=O) groups is 4. The molecule has 2 aromatic carbocycles. The van der Waals surface area contributed by atoms with E-state index in [9.17, 15) is 29.4 Å². The van der Waals surface area contributed by atoms with Crippen molar-refractivity contribution in [3.05, 3.63) is 65.9 Å². The molecule has 0 aliphatic heterocycles. The number of rotatable bonds is 19. The molecule has 3 amide bonds. The van der Waals surface area contributed by atoms with Crippen molar-refractivity contribution in [3.63, 3.8) is 0 Å². The van der Waals surface area contributed by atoms with Crippen molar-refractivity contribution in [1.29, 1.82) is 0 Å². The quantitative estimate of drug-likeness (QED) is 0.0459. The summed E-state index contributed by atoms with van der Waals surface area (Å²) in [6.45, 7) is 0.552. The molecule has 0 saturated heterocycles. The maximum absolute atomic E-state index is 13.7. The maximum atomic E-state index is 13.7. The summed E-state index contributed by atoms with van der Waals surface area (Å²) in [5.74, 6) is -3.33. The van der Waals surface area contributed by atoms with Crippen molar-refractivity contribution >= 4 is 40.6 Å². The number of phenols is 1. The van der Waals surface area contributed by atoms with Crippen LogP contribution in [0.3, 0.4) is 0 Å².